The molecule has 2 aromatic carbocycles. The highest BCUT2D eigenvalue weighted by Crippen LogP contribution is 2.43. The third-order valence-corrected chi connectivity index (χ3v) is 6.68. The fourth-order valence-electron chi connectivity index (χ4n) is 4.80. The van der Waals surface area contributed by atoms with E-state index in [1.54, 1.807) is 24.1 Å². The molecule has 5 rings (SSSR count). The van der Waals surface area contributed by atoms with Crippen LogP contribution in [0.1, 0.15) is 29.9 Å². The van der Waals surface area contributed by atoms with Crippen LogP contribution >= 0.6 is 0 Å². The van der Waals surface area contributed by atoms with E-state index < -0.39 is 0 Å². The van der Waals surface area contributed by atoms with Crippen LogP contribution in [0.15, 0.2) is 48.5 Å². The quantitative estimate of drug-likeness (QED) is 0.709. The Labute approximate surface area is 193 Å². The molecule has 0 bridgehead atoms. The average Bonchev–Trinajstić information content (AvgIpc) is 3.64. The molecular weight excluding hydrogens is 418 g/mol. The van der Waals surface area contributed by atoms with Gasteiger partial charge in [0.05, 0.1) is 31.5 Å². The van der Waals surface area contributed by atoms with Crippen molar-refractivity contribution in [3.63, 3.8) is 0 Å². The normalized spacial score (nSPS) is 23.7. The highest BCUT2D eigenvalue weighted by molar-refractivity contribution is 5.94. The van der Waals surface area contributed by atoms with Crippen LogP contribution in [0.4, 0.5) is 10.5 Å². The number of hydrogen-bond donors (Lipinski definition) is 2. The molecule has 7 nitrogen and oxygen atoms in total. The van der Waals surface area contributed by atoms with E-state index in [0.29, 0.717) is 23.9 Å². The van der Waals surface area contributed by atoms with E-state index in [1.165, 1.54) is 17.7 Å². The van der Waals surface area contributed by atoms with Gasteiger partial charge in [-0.25, -0.2) is 4.79 Å². The fourth-order valence-corrected chi connectivity index (χ4v) is 4.80. The lowest BCUT2D eigenvalue weighted by Crippen LogP contribution is -2.73. The van der Waals surface area contributed by atoms with E-state index in [-0.39, 0.29) is 43.1 Å². The lowest BCUT2D eigenvalue weighted by atomic mass is 9.73. The number of nitrogens with one attached hydrogen (secondary N) is 1. The molecule has 2 aliphatic heterocycles. The predicted octanol–water partition coefficient (Wildman–Crippen LogP) is 2.66. The Bertz CT molecular complexity index is 1120. The SMILES string of the molecule is COc1ccccc1NC(=O)N1CC(=O)N2[C@H](CO)[C@H](c3ccc(C#CC4CC4)cc3)[C@H]2C1. The highest BCUT2D eigenvalue weighted by Gasteiger charge is 2.54. The van der Waals surface area contributed by atoms with E-state index in [9.17, 15) is 14.7 Å². The molecule has 1 aliphatic carbocycles. The number of ether oxygens (including phenoxy) is 1. The van der Waals surface area contributed by atoms with Gasteiger partial charge in [0, 0.05) is 23.9 Å². The number of aliphatic hydroxyl groups is 1. The number of anilines is 1. The second-order valence-corrected chi connectivity index (χ2v) is 8.82. The number of carbonyl (C=O) groups is 2. The van der Waals surface area contributed by atoms with Crippen molar-refractivity contribution in [1.82, 2.24) is 9.80 Å². The fraction of sp³-hybridized carbons (Fsp3) is 0.385. The first kappa shape index (κ1) is 21.4. The van der Waals surface area contributed by atoms with Gasteiger partial charge in [-0.15, -0.1) is 0 Å². The Kier molecular flexibility index (Phi) is 5.69. The second-order valence-electron chi connectivity index (χ2n) is 8.82. The number of rotatable bonds is 4. The monoisotopic (exact) mass is 445 g/mol. The maximum Gasteiger partial charge on any atom is 0.322 e. The van der Waals surface area contributed by atoms with Crippen LogP contribution in [0.3, 0.4) is 0 Å². The van der Waals surface area contributed by atoms with Gasteiger partial charge in [0.25, 0.3) is 0 Å². The molecular formula is C26H27N3O4. The molecule has 3 amide bonds. The van der Waals surface area contributed by atoms with Gasteiger partial charge in [0.15, 0.2) is 0 Å². The van der Waals surface area contributed by atoms with Crippen molar-refractivity contribution in [3.05, 3.63) is 59.7 Å². The number of nitrogens with zero attached hydrogens (tertiary/aromatic N) is 2. The minimum Gasteiger partial charge on any atom is -0.495 e. The van der Waals surface area contributed by atoms with Crippen LogP contribution < -0.4 is 10.1 Å². The summed E-state index contributed by atoms with van der Waals surface area (Å²) in [5, 5.41) is 12.8. The molecule has 3 fully saturated rings. The Hall–Kier alpha value is -3.50. The molecule has 2 aromatic rings. The van der Waals surface area contributed by atoms with Crippen LogP contribution in [0.25, 0.3) is 0 Å². The number of benzene rings is 2. The lowest BCUT2D eigenvalue weighted by molar-refractivity contribution is -0.159. The first-order valence-corrected chi connectivity index (χ1v) is 11.3. The highest BCUT2D eigenvalue weighted by atomic mass is 16.5. The van der Waals surface area contributed by atoms with Crippen molar-refractivity contribution in [2.24, 2.45) is 5.92 Å². The summed E-state index contributed by atoms with van der Waals surface area (Å²) in [5.41, 5.74) is 2.58. The van der Waals surface area contributed by atoms with Gasteiger partial charge in [0.1, 0.15) is 12.3 Å². The summed E-state index contributed by atoms with van der Waals surface area (Å²) in [5.74, 6) is 7.40. The van der Waals surface area contributed by atoms with Crippen molar-refractivity contribution in [2.45, 2.75) is 30.8 Å². The summed E-state index contributed by atoms with van der Waals surface area (Å²) in [6, 6.07) is 14.4. The number of para-hydroxylation sites is 2. The van der Waals surface area contributed by atoms with Crippen LogP contribution in [0.2, 0.25) is 0 Å². The third-order valence-electron chi connectivity index (χ3n) is 6.68. The topological polar surface area (TPSA) is 82.1 Å². The van der Waals surface area contributed by atoms with Crippen molar-refractivity contribution in [1.29, 1.82) is 0 Å². The Morgan fingerprint density at radius 3 is 2.64 bits per heavy atom. The zero-order chi connectivity index (χ0) is 22.9. The molecule has 170 valence electrons. The van der Waals surface area contributed by atoms with Gasteiger partial charge in [-0.05, 0) is 42.7 Å². The minimum atomic E-state index is -0.343. The number of methoxy groups -OCH3 is 1. The molecule has 33 heavy (non-hydrogen) atoms. The number of urea groups is 1. The smallest absolute Gasteiger partial charge is 0.322 e. The van der Waals surface area contributed by atoms with Gasteiger partial charge in [-0.2, -0.15) is 0 Å². The summed E-state index contributed by atoms with van der Waals surface area (Å²) in [6.07, 6.45) is 2.38. The molecule has 2 heterocycles. The molecule has 7 heteroatoms. The minimum absolute atomic E-state index is 0.0175. The first-order chi connectivity index (χ1) is 16.1. The van der Waals surface area contributed by atoms with Crippen molar-refractivity contribution in [2.75, 3.05) is 32.1 Å². The summed E-state index contributed by atoms with van der Waals surface area (Å²) in [6.45, 7) is 0.275. The standard InChI is InChI=1S/C26H27N3O4/c1-33-23-5-3-2-4-20(23)27-26(32)28-14-21-25(22(16-30)29(21)24(31)15-28)19-12-10-18(11-13-19)9-8-17-6-7-17/h2-5,10-13,17,21-22,25,30H,6-7,14-16H2,1H3,(H,27,32)/t21-,22-,25-/m1/s1. The average molecular weight is 446 g/mol. The van der Waals surface area contributed by atoms with E-state index in [4.69, 9.17) is 4.74 Å². The number of carbonyl (C=O) groups excluding carboxylic acids is 2. The first-order valence-electron chi connectivity index (χ1n) is 11.3. The van der Waals surface area contributed by atoms with Crippen molar-refractivity contribution in [3.8, 4) is 17.6 Å². The number of amides is 3. The maximum absolute atomic E-state index is 13.0. The zero-order valence-electron chi connectivity index (χ0n) is 18.5. The molecule has 2 saturated heterocycles. The van der Waals surface area contributed by atoms with E-state index in [2.05, 4.69) is 17.2 Å². The van der Waals surface area contributed by atoms with Crippen molar-refractivity contribution < 1.29 is 19.4 Å². The molecule has 0 spiro atoms. The van der Waals surface area contributed by atoms with Crippen molar-refractivity contribution >= 4 is 17.6 Å². The van der Waals surface area contributed by atoms with Gasteiger partial charge in [0.2, 0.25) is 5.91 Å². The Balaban J connectivity index is 1.31. The maximum atomic E-state index is 13.0. The third kappa shape index (κ3) is 4.14. The van der Waals surface area contributed by atoms with E-state index in [0.717, 1.165) is 11.1 Å². The summed E-state index contributed by atoms with van der Waals surface area (Å²) in [7, 11) is 1.55. The zero-order valence-corrected chi connectivity index (χ0v) is 18.5. The molecule has 0 unspecified atom stereocenters. The molecule has 3 atom stereocenters. The lowest BCUT2D eigenvalue weighted by Gasteiger charge is -2.58. The van der Waals surface area contributed by atoms with Crippen LogP contribution in [-0.2, 0) is 4.79 Å². The molecule has 0 radical (unpaired) electrons. The predicted molar refractivity (Wildman–Crippen MR) is 124 cm³/mol. The molecule has 2 N–H and O–H groups in total. The Morgan fingerprint density at radius 2 is 1.94 bits per heavy atom. The number of piperazine rings is 1. The number of aliphatic hydroxyl groups excluding tert-OH is 1. The van der Waals surface area contributed by atoms with Gasteiger partial charge >= 0.3 is 6.03 Å². The largest absolute Gasteiger partial charge is 0.495 e. The number of fused-ring (bicyclic) bond motifs is 1. The van der Waals surface area contributed by atoms with Gasteiger partial charge in [-0.3, -0.25) is 4.79 Å². The Morgan fingerprint density at radius 1 is 1.18 bits per heavy atom. The van der Waals surface area contributed by atoms with Crippen LogP contribution in [0, 0.1) is 17.8 Å². The van der Waals surface area contributed by atoms with Gasteiger partial charge < -0.3 is 25.0 Å². The second kappa shape index (κ2) is 8.80. The summed E-state index contributed by atoms with van der Waals surface area (Å²) in [4.78, 5) is 29.1. The van der Waals surface area contributed by atoms with E-state index in [1.807, 2.05) is 36.4 Å². The van der Waals surface area contributed by atoms with Crippen LogP contribution in [-0.4, -0.2) is 65.7 Å². The number of hydrogen-bond acceptors (Lipinski definition) is 4. The summed E-state index contributed by atoms with van der Waals surface area (Å²) < 4.78 is 5.31. The van der Waals surface area contributed by atoms with E-state index >= 15 is 0 Å². The summed E-state index contributed by atoms with van der Waals surface area (Å²) >= 11 is 0. The molecule has 1 saturated carbocycles. The molecule has 3 aliphatic rings. The van der Waals surface area contributed by atoms with Crippen LogP contribution in [0.5, 0.6) is 5.75 Å². The van der Waals surface area contributed by atoms with Gasteiger partial charge in [-0.1, -0.05) is 36.1 Å². The molecule has 0 aromatic heterocycles.